The zero-order valence-corrected chi connectivity index (χ0v) is 11.6. The molecule has 0 saturated heterocycles. The first-order chi connectivity index (χ1) is 8.56. The Morgan fingerprint density at radius 1 is 1.17 bits per heavy atom. The van der Waals surface area contributed by atoms with Crippen LogP contribution in [-0.2, 0) is 0 Å². The van der Waals surface area contributed by atoms with Gasteiger partial charge in [0, 0.05) is 15.7 Å². The topological polar surface area (TPSA) is 55.1 Å². The van der Waals surface area contributed by atoms with E-state index < -0.39 is 0 Å². The van der Waals surface area contributed by atoms with E-state index in [0.717, 1.165) is 4.47 Å². The Kier molecular flexibility index (Phi) is 3.89. The summed E-state index contributed by atoms with van der Waals surface area (Å²) < 4.78 is 0.847. The van der Waals surface area contributed by atoms with Crippen molar-refractivity contribution in [2.45, 2.75) is 0 Å². The van der Waals surface area contributed by atoms with Gasteiger partial charge in [-0.3, -0.25) is 4.79 Å². The predicted octanol–water partition coefficient (Wildman–Crippen LogP) is 3.94. The van der Waals surface area contributed by atoms with E-state index in [1.54, 1.807) is 42.5 Å². The quantitative estimate of drug-likeness (QED) is 0.822. The SMILES string of the molecule is Nc1ccc(C(=O)Nc2cc(Br)ccc2Cl)cc1. The molecule has 0 fully saturated rings. The van der Waals surface area contributed by atoms with Crippen molar-refractivity contribution in [2.75, 3.05) is 11.1 Å². The van der Waals surface area contributed by atoms with Crippen molar-refractivity contribution in [1.82, 2.24) is 0 Å². The van der Waals surface area contributed by atoms with Crippen LogP contribution in [0.1, 0.15) is 10.4 Å². The Labute approximate surface area is 118 Å². The van der Waals surface area contributed by atoms with E-state index in [-0.39, 0.29) is 5.91 Å². The summed E-state index contributed by atoms with van der Waals surface area (Å²) in [5.74, 6) is -0.227. The number of rotatable bonds is 2. The third-order valence-electron chi connectivity index (χ3n) is 2.35. The van der Waals surface area contributed by atoms with Gasteiger partial charge in [0.1, 0.15) is 0 Å². The number of anilines is 2. The fraction of sp³-hybridized carbons (Fsp3) is 0. The molecular weight excluding hydrogens is 316 g/mol. The van der Waals surface area contributed by atoms with Crippen LogP contribution in [0, 0.1) is 0 Å². The molecule has 0 aliphatic rings. The maximum Gasteiger partial charge on any atom is 0.255 e. The Morgan fingerprint density at radius 3 is 2.50 bits per heavy atom. The van der Waals surface area contributed by atoms with Crippen LogP contribution in [0.2, 0.25) is 5.02 Å². The number of nitrogens with two attached hydrogens (primary N) is 1. The second-order valence-electron chi connectivity index (χ2n) is 3.70. The summed E-state index contributed by atoms with van der Waals surface area (Å²) in [6, 6.07) is 11.9. The minimum atomic E-state index is -0.227. The minimum Gasteiger partial charge on any atom is -0.399 e. The fourth-order valence-corrected chi connectivity index (χ4v) is 1.95. The highest BCUT2D eigenvalue weighted by atomic mass is 79.9. The first-order valence-electron chi connectivity index (χ1n) is 5.18. The molecule has 0 heterocycles. The molecule has 0 aromatic heterocycles. The van der Waals surface area contributed by atoms with Crippen LogP contribution in [0.3, 0.4) is 0 Å². The molecule has 0 atom stereocenters. The summed E-state index contributed by atoms with van der Waals surface area (Å²) in [5, 5.41) is 3.23. The fourth-order valence-electron chi connectivity index (χ4n) is 1.42. The normalized spacial score (nSPS) is 10.1. The molecule has 92 valence electrons. The van der Waals surface area contributed by atoms with Crippen molar-refractivity contribution >= 4 is 44.8 Å². The van der Waals surface area contributed by atoms with Crippen LogP contribution in [0.5, 0.6) is 0 Å². The smallest absolute Gasteiger partial charge is 0.255 e. The second kappa shape index (κ2) is 5.42. The lowest BCUT2D eigenvalue weighted by molar-refractivity contribution is 0.102. The Hall–Kier alpha value is -1.52. The average molecular weight is 326 g/mol. The van der Waals surface area contributed by atoms with Gasteiger partial charge in [-0.1, -0.05) is 27.5 Å². The lowest BCUT2D eigenvalue weighted by atomic mass is 10.2. The van der Waals surface area contributed by atoms with Crippen LogP contribution >= 0.6 is 27.5 Å². The molecule has 2 aromatic rings. The van der Waals surface area contributed by atoms with Crippen molar-refractivity contribution < 1.29 is 4.79 Å². The Morgan fingerprint density at radius 2 is 1.83 bits per heavy atom. The zero-order valence-electron chi connectivity index (χ0n) is 9.28. The largest absolute Gasteiger partial charge is 0.399 e. The summed E-state index contributed by atoms with van der Waals surface area (Å²) in [7, 11) is 0. The van der Waals surface area contributed by atoms with Gasteiger partial charge in [-0.05, 0) is 42.5 Å². The van der Waals surface area contributed by atoms with Gasteiger partial charge < -0.3 is 11.1 Å². The number of hydrogen-bond donors (Lipinski definition) is 2. The van der Waals surface area contributed by atoms with Gasteiger partial charge in [-0.25, -0.2) is 0 Å². The number of amides is 1. The molecule has 0 aliphatic heterocycles. The van der Waals surface area contributed by atoms with E-state index in [2.05, 4.69) is 21.2 Å². The highest BCUT2D eigenvalue weighted by Gasteiger charge is 2.08. The maximum absolute atomic E-state index is 12.0. The number of benzene rings is 2. The first-order valence-corrected chi connectivity index (χ1v) is 6.35. The standard InChI is InChI=1S/C13H10BrClN2O/c14-9-3-6-11(15)12(7-9)17-13(18)8-1-4-10(16)5-2-8/h1-7H,16H2,(H,17,18). The summed E-state index contributed by atoms with van der Waals surface area (Å²) in [4.78, 5) is 12.0. The third-order valence-corrected chi connectivity index (χ3v) is 3.17. The molecule has 0 radical (unpaired) electrons. The van der Waals surface area contributed by atoms with Gasteiger partial charge in [0.05, 0.1) is 10.7 Å². The molecule has 0 aliphatic carbocycles. The molecule has 0 unspecified atom stereocenters. The van der Waals surface area contributed by atoms with Crippen LogP contribution in [0.4, 0.5) is 11.4 Å². The number of carbonyl (C=O) groups excluding carboxylic acids is 1. The van der Waals surface area contributed by atoms with Crippen molar-refractivity contribution in [2.24, 2.45) is 0 Å². The molecule has 3 nitrogen and oxygen atoms in total. The highest BCUT2D eigenvalue weighted by Crippen LogP contribution is 2.26. The van der Waals surface area contributed by atoms with E-state index in [9.17, 15) is 4.79 Å². The molecule has 5 heteroatoms. The van der Waals surface area contributed by atoms with E-state index >= 15 is 0 Å². The summed E-state index contributed by atoms with van der Waals surface area (Å²) in [6.45, 7) is 0. The molecule has 2 aromatic carbocycles. The van der Waals surface area contributed by atoms with E-state index in [0.29, 0.717) is 22.0 Å². The number of nitrogen functional groups attached to an aromatic ring is 1. The molecule has 3 N–H and O–H groups in total. The van der Waals surface area contributed by atoms with E-state index in [4.69, 9.17) is 17.3 Å². The monoisotopic (exact) mass is 324 g/mol. The minimum absolute atomic E-state index is 0.227. The Balaban J connectivity index is 2.21. The van der Waals surface area contributed by atoms with Crippen LogP contribution in [0.25, 0.3) is 0 Å². The summed E-state index contributed by atoms with van der Waals surface area (Å²) >= 11 is 9.32. The maximum atomic E-state index is 12.0. The first kappa shape index (κ1) is 12.9. The lowest BCUT2D eigenvalue weighted by Gasteiger charge is -2.08. The van der Waals surface area contributed by atoms with Gasteiger partial charge in [-0.15, -0.1) is 0 Å². The molecule has 18 heavy (non-hydrogen) atoms. The Bertz CT molecular complexity index is 584. The zero-order chi connectivity index (χ0) is 13.1. The molecule has 0 bridgehead atoms. The molecule has 0 spiro atoms. The molecule has 2 rings (SSSR count). The van der Waals surface area contributed by atoms with Crippen molar-refractivity contribution in [3.8, 4) is 0 Å². The highest BCUT2D eigenvalue weighted by molar-refractivity contribution is 9.10. The summed E-state index contributed by atoms with van der Waals surface area (Å²) in [6.07, 6.45) is 0. The number of hydrogen-bond acceptors (Lipinski definition) is 2. The van der Waals surface area contributed by atoms with Gasteiger partial charge >= 0.3 is 0 Å². The van der Waals surface area contributed by atoms with Gasteiger partial charge in [0.2, 0.25) is 0 Å². The van der Waals surface area contributed by atoms with Crippen molar-refractivity contribution in [3.05, 3.63) is 57.5 Å². The number of halogens is 2. The molecule has 0 saturated carbocycles. The van der Waals surface area contributed by atoms with Gasteiger partial charge in [0.15, 0.2) is 0 Å². The average Bonchev–Trinajstić information content (AvgIpc) is 2.34. The third kappa shape index (κ3) is 3.03. The predicted molar refractivity (Wildman–Crippen MR) is 78.0 cm³/mol. The van der Waals surface area contributed by atoms with Crippen LogP contribution in [0.15, 0.2) is 46.9 Å². The number of carbonyl (C=O) groups is 1. The van der Waals surface area contributed by atoms with Crippen LogP contribution < -0.4 is 11.1 Å². The van der Waals surface area contributed by atoms with E-state index in [1.807, 2.05) is 0 Å². The lowest BCUT2D eigenvalue weighted by Crippen LogP contribution is -2.12. The second-order valence-corrected chi connectivity index (χ2v) is 5.02. The number of nitrogens with one attached hydrogen (secondary N) is 1. The summed E-state index contributed by atoms with van der Waals surface area (Å²) in [5.41, 5.74) is 7.27. The van der Waals surface area contributed by atoms with Crippen LogP contribution in [-0.4, -0.2) is 5.91 Å². The van der Waals surface area contributed by atoms with E-state index in [1.165, 1.54) is 0 Å². The molecular formula is C13H10BrClN2O. The molecule has 1 amide bonds. The van der Waals surface area contributed by atoms with Gasteiger partial charge in [0.25, 0.3) is 5.91 Å². The van der Waals surface area contributed by atoms with Crippen molar-refractivity contribution in [1.29, 1.82) is 0 Å². The van der Waals surface area contributed by atoms with Crippen molar-refractivity contribution in [3.63, 3.8) is 0 Å². The van der Waals surface area contributed by atoms with Gasteiger partial charge in [-0.2, -0.15) is 0 Å².